The molecule has 12 heavy (non-hydrogen) atoms. The van der Waals surface area contributed by atoms with Gasteiger partial charge in [-0.15, -0.1) is 13.2 Å². The predicted octanol–water partition coefficient (Wildman–Crippen LogP) is 2.13. The van der Waals surface area contributed by atoms with E-state index in [2.05, 4.69) is 13.2 Å². The summed E-state index contributed by atoms with van der Waals surface area (Å²) in [5.74, 6) is 0.228. The number of hydrogen-bond donors (Lipinski definition) is 0. The summed E-state index contributed by atoms with van der Waals surface area (Å²) < 4.78 is 11.1. The molecule has 1 aliphatic heterocycles. The second kappa shape index (κ2) is 3.42. The van der Waals surface area contributed by atoms with E-state index in [4.69, 9.17) is 9.47 Å². The van der Waals surface area contributed by atoms with Gasteiger partial charge in [-0.25, -0.2) is 0 Å². The highest BCUT2D eigenvalue weighted by molar-refractivity contribution is 4.98. The maximum atomic E-state index is 5.64. The predicted molar refractivity (Wildman–Crippen MR) is 48.8 cm³/mol. The number of ether oxygens (including phenoxy) is 2. The summed E-state index contributed by atoms with van der Waals surface area (Å²) in [6.07, 6.45) is 3.45. The summed E-state index contributed by atoms with van der Waals surface area (Å²) in [6, 6.07) is 0. The van der Waals surface area contributed by atoms with E-state index in [-0.39, 0.29) is 17.8 Å². The van der Waals surface area contributed by atoms with E-state index < -0.39 is 0 Å². The van der Waals surface area contributed by atoms with Crippen LogP contribution in [0.1, 0.15) is 13.8 Å². The Balaban J connectivity index is 2.55. The van der Waals surface area contributed by atoms with E-state index in [9.17, 15) is 0 Å². The first-order valence-electron chi connectivity index (χ1n) is 4.17. The molecule has 0 radical (unpaired) electrons. The molecule has 1 fully saturated rings. The van der Waals surface area contributed by atoms with Crippen LogP contribution in [-0.4, -0.2) is 18.5 Å². The van der Waals surface area contributed by atoms with Crippen molar-refractivity contribution in [1.29, 1.82) is 0 Å². The fourth-order valence-electron chi connectivity index (χ4n) is 1.06. The molecule has 3 atom stereocenters. The summed E-state index contributed by atoms with van der Waals surface area (Å²) in [7, 11) is 0. The molecule has 0 aromatic rings. The molecule has 0 aliphatic carbocycles. The number of hydrogen-bond acceptors (Lipinski definition) is 2. The molecule has 1 heterocycles. The molecular weight excluding hydrogens is 152 g/mol. The quantitative estimate of drug-likeness (QED) is 0.601. The van der Waals surface area contributed by atoms with Crippen molar-refractivity contribution in [3.8, 4) is 0 Å². The van der Waals surface area contributed by atoms with Gasteiger partial charge in [0.25, 0.3) is 0 Å². The van der Waals surface area contributed by atoms with Crippen molar-refractivity contribution < 1.29 is 9.47 Å². The van der Waals surface area contributed by atoms with Crippen molar-refractivity contribution in [2.24, 2.45) is 5.92 Å². The van der Waals surface area contributed by atoms with Crippen molar-refractivity contribution in [3.63, 3.8) is 0 Å². The van der Waals surface area contributed by atoms with Gasteiger partial charge in [0.2, 0.25) is 0 Å². The minimum atomic E-state index is -0.318. The third-order valence-electron chi connectivity index (χ3n) is 2.15. The Morgan fingerprint density at radius 1 is 1.58 bits per heavy atom. The van der Waals surface area contributed by atoms with Crippen LogP contribution in [0.15, 0.2) is 25.3 Å². The molecule has 0 N–H and O–H groups in total. The highest BCUT2D eigenvalue weighted by Gasteiger charge is 2.36. The molecule has 0 aromatic heterocycles. The molecular formula is C10H16O2. The van der Waals surface area contributed by atoms with Gasteiger partial charge in [-0.1, -0.05) is 19.1 Å². The molecule has 0 spiro atoms. The van der Waals surface area contributed by atoms with Gasteiger partial charge in [0.05, 0.1) is 6.61 Å². The molecule has 1 aliphatic rings. The lowest BCUT2D eigenvalue weighted by Crippen LogP contribution is -2.26. The molecule has 1 saturated heterocycles. The first-order valence-corrected chi connectivity index (χ1v) is 4.17. The van der Waals surface area contributed by atoms with Crippen LogP contribution >= 0.6 is 0 Å². The summed E-state index contributed by atoms with van der Waals surface area (Å²) in [4.78, 5) is 0. The van der Waals surface area contributed by atoms with Crippen molar-refractivity contribution in [2.75, 3.05) is 6.61 Å². The van der Waals surface area contributed by atoms with Crippen LogP contribution < -0.4 is 0 Å². The van der Waals surface area contributed by atoms with Gasteiger partial charge < -0.3 is 9.47 Å². The van der Waals surface area contributed by atoms with Crippen LogP contribution in [0.2, 0.25) is 0 Å². The molecule has 0 saturated carbocycles. The van der Waals surface area contributed by atoms with Crippen molar-refractivity contribution >= 4 is 0 Å². The van der Waals surface area contributed by atoms with E-state index in [0.717, 1.165) is 0 Å². The zero-order valence-electron chi connectivity index (χ0n) is 7.75. The molecule has 0 bridgehead atoms. The SMILES string of the molecule is C=C[C@@H](C)[C@H]1OC[C@](C)(C=C)O1. The van der Waals surface area contributed by atoms with E-state index in [0.29, 0.717) is 6.61 Å². The monoisotopic (exact) mass is 168 g/mol. The van der Waals surface area contributed by atoms with Crippen LogP contribution in [0.4, 0.5) is 0 Å². The molecule has 2 nitrogen and oxygen atoms in total. The standard InChI is InChI=1S/C10H16O2/c1-5-8(3)9-11-7-10(4,6-2)12-9/h5-6,8-9H,1-2,7H2,3-4H3/t8-,9+,10+/m1/s1. The Labute approximate surface area is 73.9 Å². The summed E-state index contributed by atoms with van der Waals surface area (Å²) in [6.45, 7) is 12.0. The van der Waals surface area contributed by atoms with Crippen LogP contribution in [-0.2, 0) is 9.47 Å². The minimum Gasteiger partial charge on any atom is -0.349 e. The van der Waals surface area contributed by atoms with Gasteiger partial charge in [-0.05, 0) is 6.92 Å². The molecule has 1 rings (SSSR count). The molecule has 0 amide bonds. The lowest BCUT2D eigenvalue weighted by Gasteiger charge is -2.19. The highest BCUT2D eigenvalue weighted by atomic mass is 16.7. The molecule has 0 aromatic carbocycles. The van der Waals surface area contributed by atoms with Crippen LogP contribution in [0.5, 0.6) is 0 Å². The van der Waals surface area contributed by atoms with Gasteiger partial charge in [0, 0.05) is 5.92 Å². The van der Waals surface area contributed by atoms with Gasteiger partial charge in [-0.2, -0.15) is 0 Å². The maximum absolute atomic E-state index is 5.64. The third kappa shape index (κ3) is 1.76. The fraction of sp³-hybridized carbons (Fsp3) is 0.600. The lowest BCUT2D eigenvalue weighted by atomic mass is 10.1. The topological polar surface area (TPSA) is 18.5 Å². The van der Waals surface area contributed by atoms with Crippen molar-refractivity contribution in [2.45, 2.75) is 25.7 Å². The Hall–Kier alpha value is -0.600. The van der Waals surface area contributed by atoms with Gasteiger partial charge in [0.1, 0.15) is 5.60 Å². The van der Waals surface area contributed by atoms with E-state index in [1.807, 2.05) is 19.9 Å². The smallest absolute Gasteiger partial charge is 0.164 e. The zero-order valence-corrected chi connectivity index (χ0v) is 7.75. The van der Waals surface area contributed by atoms with Gasteiger partial charge >= 0.3 is 0 Å². The summed E-state index contributed by atoms with van der Waals surface area (Å²) >= 11 is 0. The van der Waals surface area contributed by atoms with Crippen LogP contribution in [0, 0.1) is 5.92 Å². The zero-order chi connectivity index (χ0) is 9.19. The molecule has 0 unspecified atom stereocenters. The Morgan fingerprint density at radius 3 is 2.67 bits per heavy atom. The Bertz CT molecular complexity index is 188. The normalized spacial score (nSPS) is 37.7. The minimum absolute atomic E-state index is 0.162. The largest absolute Gasteiger partial charge is 0.349 e. The summed E-state index contributed by atoms with van der Waals surface area (Å²) in [5, 5.41) is 0. The summed E-state index contributed by atoms with van der Waals surface area (Å²) in [5.41, 5.74) is -0.318. The molecule has 2 heteroatoms. The third-order valence-corrected chi connectivity index (χ3v) is 2.15. The van der Waals surface area contributed by atoms with E-state index >= 15 is 0 Å². The first kappa shape index (κ1) is 9.49. The van der Waals surface area contributed by atoms with Crippen molar-refractivity contribution in [1.82, 2.24) is 0 Å². The van der Waals surface area contributed by atoms with Gasteiger partial charge in [-0.3, -0.25) is 0 Å². The second-order valence-corrected chi connectivity index (χ2v) is 3.41. The maximum Gasteiger partial charge on any atom is 0.164 e. The van der Waals surface area contributed by atoms with E-state index in [1.54, 1.807) is 6.08 Å². The average Bonchev–Trinajstić information content (AvgIpc) is 2.48. The van der Waals surface area contributed by atoms with Crippen LogP contribution in [0.25, 0.3) is 0 Å². The Morgan fingerprint density at radius 2 is 2.25 bits per heavy atom. The van der Waals surface area contributed by atoms with E-state index in [1.165, 1.54) is 0 Å². The van der Waals surface area contributed by atoms with Crippen molar-refractivity contribution in [3.05, 3.63) is 25.3 Å². The van der Waals surface area contributed by atoms with Crippen LogP contribution in [0.3, 0.4) is 0 Å². The fourth-order valence-corrected chi connectivity index (χ4v) is 1.06. The van der Waals surface area contributed by atoms with Gasteiger partial charge in [0.15, 0.2) is 6.29 Å². The molecule has 68 valence electrons. The highest BCUT2D eigenvalue weighted by Crippen LogP contribution is 2.27. The first-order chi connectivity index (χ1) is 5.61. The number of rotatable bonds is 3. The average molecular weight is 168 g/mol. The second-order valence-electron chi connectivity index (χ2n) is 3.41. The Kier molecular flexibility index (Phi) is 2.70. The lowest BCUT2D eigenvalue weighted by molar-refractivity contribution is -0.0916.